The molecule has 3 aromatic carbocycles. The highest BCUT2D eigenvalue weighted by Crippen LogP contribution is 2.27. The minimum atomic E-state index is -0.259. The number of para-hydroxylation sites is 4. The largest absolute Gasteiger partial charge is 0.495 e. The zero-order valence-corrected chi connectivity index (χ0v) is 17.8. The van der Waals surface area contributed by atoms with Gasteiger partial charge in [0, 0.05) is 6.54 Å². The Morgan fingerprint density at radius 2 is 1.59 bits per heavy atom. The Bertz CT molecular complexity index is 1600. The van der Waals surface area contributed by atoms with Crippen molar-refractivity contribution < 1.29 is 4.74 Å². The molecule has 0 aliphatic rings. The van der Waals surface area contributed by atoms with Gasteiger partial charge in [0.05, 0.1) is 34.8 Å². The van der Waals surface area contributed by atoms with Crippen molar-refractivity contribution in [2.24, 2.45) is 0 Å². The van der Waals surface area contributed by atoms with E-state index in [1.54, 1.807) is 42.0 Å². The monoisotopic (exact) mass is 423 g/mol. The van der Waals surface area contributed by atoms with Gasteiger partial charge in [0.25, 0.3) is 11.1 Å². The van der Waals surface area contributed by atoms with E-state index in [4.69, 9.17) is 9.72 Å². The molecule has 0 radical (unpaired) electrons. The standard InChI is InChI=1S/C26H21N3O3/c1-3-28-21-13-7-4-10-17(21)16-19(25(28)30)24-27-20-12-6-5-11-18(20)26(31)29(24)22-14-8-9-15-23(22)32-2/h4-16H,3H2,1-2H3. The number of pyridine rings is 1. The van der Waals surface area contributed by atoms with Gasteiger partial charge in [-0.2, -0.15) is 0 Å². The SMILES string of the molecule is CCn1c(=O)c(-c2nc3ccccc3c(=O)n2-c2ccccc2OC)cc2ccccc21. The smallest absolute Gasteiger partial charge is 0.266 e. The number of nitrogens with zero attached hydrogens (tertiary/aromatic N) is 3. The van der Waals surface area contributed by atoms with Gasteiger partial charge in [-0.1, -0.05) is 42.5 Å². The van der Waals surface area contributed by atoms with Crippen molar-refractivity contribution in [1.82, 2.24) is 14.1 Å². The maximum absolute atomic E-state index is 13.7. The van der Waals surface area contributed by atoms with E-state index in [1.807, 2.05) is 55.5 Å². The van der Waals surface area contributed by atoms with Crippen molar-refractivity contribution >= 4 is 21.8 Å². The molecule has 0 aliphatic heterocycles. The third-order valence-electron chi connectivity index (χ3n) is 5.66. The van der Waals surface area contributed by atoms with Crippen LogP contribution in [0.25, 0.3) is 38.9 Å². The molecule has 0 saturated heterocycles. The molecule has 6 heteroatoms. The van der Waals surface area contributed by atoms with Crippen LogP contribution in [0, 0.1) is 0 Å². The molecule has 0 atom stereocenters. The first kappa shape index (κ1) is 19.8. The van der Waals surface area contributed by atoms with Gasteiger partial charge in [-0.3, -0.25) is 14.2 Å². The van der Waals surface area contributed by atoms with Crippen LogP contribution in [0.5, 0.6) is 5.75 Å². The van der Waals surface area contributed by atoms with Crippen molar-refractivity contribution in [3.63, 3.8) is 0 Å². The fourth-order valence-electron chi connectivity index (χ4n) is 4.15. The van der Waals surface area contributed by atoms with Crippen LogP contribution in [0.2, 0.25) is 0 Å². The van der Waals surface area contributed by atoms with Crippen molar-refractivity contribution in [3.05, 3.63) is 99.6 Å². The maximum Gasteiger partial charge on any atom is 0.266 e. The minimum absolute atomic E-state index is 0.197. The van der Waals surface area contributed by atoms with Crippen LogP contribution >= 0.6 is 0 Å². The van der Waals surface area contributed by atoms with Gasteiger partial charge in [0.15, 0.2) is 5.82 Å². The van der Waals surface area contributed by atoms with Crippen LogP contribution in [0.1, 0.15) is 6.92 Å². The van der Waals surface area contributed by atoms with Gasteiger partial charge in [-0.05, 0) is 48.7 Å². The van der Waals surface area contributed by atoms with Crippen LogP contribution in [0.3, 0.4) is 0 Å². The molecule has 0 spiro atoms. The summed E-state index contributed by atoms with van der Waals surface area (Å²) < 4.78 is 8.72. The number of methoxy groups -OCH3 is 1. The number of rotatable bonds is 4. The Morgan fingerprint density at radius 3 is 2.41 bits per heavy atom. The summed E-state index contributed by atoms with van der Waals surface area (Å²) in [7, 11) is 1.55. The maximum atomic E-state index is 13.7. The highest BCUT2D eigenvalue weighted by Gasteiger charge is 2.20. The Kier molecular flexibility index (Phi) is 4.82. The quantitative estimate of drug-likeness (QED) is 0.430. The predicted octanol–water partition coefficient (Wildman–Crippen LogP) is 4.40. The first-order valence-corrected chi connectivity index (χ1v) is 10.4. The Balaban J connectivity index is 1.97. The number of aromatic nitrogens is 3. The van der Waals surface area contributed by atoms with Gasteiger partial charge in [-0.25, -0.2) is 4.98 Å². The molecular formula is C26H21N3O3. The second-order valence-electron chi connectivity index (χ2n) is 7.43. The summed E-state index contributed by atoms with van der Waals surface area (Å²) in [4.78, 5) is 32.1. The van der Waals surface area contributed by atoms with Gasteiger partial charge in [0.1, 0.15) is 5.75 Å². The lowest BCUT2D eigenvalue weighted by Gasteiger charge is -2.17. The van der Waals surface area contributed by atoms with Crippen LogP contribution in [0.15, 0.2) is 88.5 Å². The fourth-order valence-corrected chi connectivity index (χ4v) is 4.15. The van der Waals surface area contributed by atoms with E-state index in [2.05, 4.69) is 0 Å². The molecule has 0 N–H and O–H groups in total. The minimum Gasteiger partial charge on any atom is -0.495 e. The van der Waals surface area contributed by atoms with E-state index in [9.17, 15) is 9.59 Å². The van der Waals surface area contributed by atoms with E-state index in [-0.39, 0.29) is 16.9 Å². The lowest BCUT2D eigenvalue weighted by Crippen LogP contribution is -2.27. The van der Waals surface area contributed by atoms with Crippen LogP contribution < -0.4 is 15.9 Å². The van der Waals surface area contributed by atoms with Crippen molar-refractivity contribution in [1.29, 1.82) is 0 Å². The molecule has 0 saturated carbocycles. The Morgan fingerprint density at radius 1 is 0.875 bits per heavy atom. The summed E-state index contributed by atoms with van der Waals surface area (Å²) >= 11 is 0. The third kappa shape index (κ3) is 3.00. The molecule has 0 unspecified atom stereocenters. The van der Waals surface area contributed by atoms with Gasteiger partial charge in [-0.15, -0.1) is 0 Å². The molecule has 2 aromatic heterocycles. The predicted molar refractivity (Wildman–Crippen MR) is 127 cm³/mol. The summed E-state index contributed by atoms with van der Waals surface area (Å²) in [6, 6.07) is 23.9. The lowest BCUT2D eigenvalue weighted by molar-refractivity contribution is 0.412. The summed E-state index contributed by atoms with van der Waals surface area (Å²) in [6.07, 6.45) is 0. The molecule has 0 fully saturated rings. The first-order valence-electron chi connectivity index (χ1n) is 10.4. The van der Waals surface area contributed by atoms with Crippen molar-refractivity contribution in [3.8, 4) is 22.8 Å². The van der Waals surface area contributed by atoms with Gasteiger partial charge < -0.3 is 9.30 Å². The number of benzene rings is 3. The molecule has 0 amide bonds. The summed E-state index contributed by atoms with van der Waals surface area (Å²) in [5.41, 5.74) is 1.82. The van der Waals surface area contributed by atoms with E-state index >= 15 is 0 Å². The summed E-state index contributed by atoms with van der Waals surface area (Å²) in [5.74, 6) is 0.806. The van der Waals surface area contributed by atoms with E-state index in [1.165, 1.54) is 4.57 Å². The van der Waals surface area contributed by atoms with Crippen molar-refractivity contribution in [2.75, 3.05) is 7.11 Å². The summed E-state index contributed by atoms with van der Waals surface area (Å²) in [6.45, 7) is 2.43. The molecular weight excluding hydrogens is 402 g/mol. The average Bonchev–Trinajstić information content (AvgIpc) is 2.83. The van der Waals surface area contributed by atoms with Crippen LogP contribution in [-0.2, 0) is 6.54 Å². The third-order valence-corrected chi connectivity index (χ3v) is 5.66. The number of hydrogen-bond acceptors (Lipinski definition) is 4. The molecule has 5 rings (SSSR count). The fraction of sp³-hybridized carbons (Fsp3) is 0.115. The molecule has 158 valence electrons. The molecule has 32 heavy (non-hydrogen) atoms. The molecule has 0 bridgehead atoms. The molecule has 0 aliphatic carbocycles. The van der Waals surface area contributed by atoms with Crippen LogP contribution in [-0.4, -0.2) is 21.2 Å². The second-order valence-corrected chi connectivity index (χ2v) is 7.43. The topological polar surface area (TPSA) is 66.1 Å². The van der Waals surface area contributed by atoms with Crippen molar-refractivity contribution in [2.45, 2.75) is 13.5 Å². The number of hydrogen-bond donors (Lipinski definition) is 0. The first-order chi connectivity index (χ1) is 15.6. The summed E-state index contributed by atoms with van der Waals surface area (Å²) in [5, 5.41) is 1.37. The zero-order chi connectivity index (χ0) is 22.2. The number of ether oxygens (including phenoxy) is 1. The Labute approximate surface area is 184 Å². The average molecular weight is 423 g/mol. The highest BCUT2D eigenvalue weighted by atomic mass is 16.5. The van der Waals surface area contributed by atoms with Crippen LogP contribution in [0.4, 0.5) is 0 Å². The highest BCUT2D eigenvalue weighted by molar-refractivity contribution is 5.85. The second kappa shape index (κ2) is 7.81. The number of fused-ring (bicyclic) bond motifs is 2. The Hall–Kier alpha value is -4.19. The molecule has 5 aromatic rings. The molecule has 2 heterocycles. The molecule has 6 nitrogen and oxygen atoms in total. The lowest BCUT2D eigenvalue weighted by atomic mass is 10.1. The van der Waals surface area contributed by atoms with E-state index in [0.29, 0.717) is 34.4 Å². The zero-order valence-electron chi connectivity index (χ0n) is 17.8. The van der Waals surface area contributed by atoms with E-state index < -0.39 is 0 Å². The van der Waals surface area contributed by atoms with E-state index in [0.717, 1.165) is 10.9 Å². The normalized spacial score (nSPS) is 11.2. The van der Waals surface area contributed by atoms with Gasteiger partial charge in [0.2, 0.25) is 0 Å². The number of aryl methyl sites for hydroxylation is 1. The van der Waals surface area contributed by atoms with Gasteiger partial charge >= 0.3 is 0 Å².